The Labute approximate surface area is 122 Å². The summed E-state index contributed by atoms with van der Waals surface area (Å²) < 4.78 is 6.65. The maximum Gasteiger partial charge on any atom is 0.0835 e. The van der Waals surface area contributed by atoms with Crippen molar-refractivity contribution in [3.63, 3.8) is 0 Å². The number of aryl methyl sites for hydroxylation is 1. The zero-order chi connectivity index (χ0) is 13.8. The van der Waals surface area contributed by atoms with E-state index in [1.807, 2.05) is 0 Å². The van der Waals surface area contributed by atoms with Crippen LogP contribution in [0.4, 0.5) is 0 Å². The van der Waals surface area contributed by atoms with E-state index in [1.54, 1.807) is 0 Å². The molecule has 2 nitrogen and oxygen atoms in total. The molecule has 1 fully saturated rings. The first-order valence-corrected chi connectivity index (χ1v) is 8.29. The van der Waals surface area contributed by atoms with E-state index in [9.17, 15) is 0 Å². The summed E-state index contributed by atoms with van der Waals surface area (Å²) in [6.45, 7) is 0.672. The third kappa shape index (κ3) is 2.91. The lowest BCUT2D eigenvalue weighted by molar-refractivity contribution is -0.105. The van der Waals surface area contributed by atoms with Gasteiger partial charge in [-0.1, -0.05) is 49.9 Å². The third-order valence-electron chi connectivity index (χ3n) is 5.09. The molecule has 1 aromatic carbocycles. The van der Waals surface area contributed by atoms with Crippen LogP contribution >= 0.6 is 0 Å². The van der Waals surface area contributed by atoms with Crippen LogP contribution in [0, 0.1) is 0 Å². The van der Waals surface area contributed by atoms with Gasteiger partial charge in [0.15, 0.2) is 0 Å². The van der Waals surface area contributed by atoms with Gasteiger partial charge in [-0.05, 0) is 43.2 Å². The Kier molecular flexibility index (Phi) is 4.42. The molecular weight excluding hydrogens is 246 g/mol. The molecule has 20 heavy (non-hydrogen) atoms. The molecule has 2 aliphatic rings. The minimum Gasteiger partial charge on any atom is -0.366 e. The fourth-order valence-electron chi connectivity index (χ4n) is 3.88. The zero-order valence-corrected chi connectivity index (χ0v) is 12.4. The van der Waals surface area contributed by atoms with Crippen LogP contribution in [0.3, 0.4) is 0 Å². The summed E-state index contributed by atoms with van der Waals surface area (Å²) in [6.07, 6.45) is 11.4. The molecule has 0 aliphatic heterocycles. The van der Waals surface area contributed by atoms with Crippen molar-refractivity contribution in [1.29, 1.82) is 0 Å². The fourth-order valence-corrected chi connectivity index (χ4v) is 3.88. The summed E-state index contributed by atoms with van der Waals surface area (Å²) in [7, 11) is 0. The van der Waals surface area contributed by atoms with E-state index in [2.05, 4.69) is 24.3 Å². The Hall–Kier alpha value is -0.860. The molecule has 0 amide bonds. The lowest BCUT2D eigenvalue weighted by Gasteiger charge is -2.38. The number of hydrogen-bond donors (Lipinski definition) is 1. The third-order valence-corrected chi connectivity index (χ3v) is 5.09. The monoisotopic (exact) mass is 273 g/mol. The summed E-state index contributed by atoms with van der Waals surface area (Å²) >= 11 is 0. The molecule has 110 valence electrons. The van der Waals surface area contributed by atoms with E-state index >= 15 is 0 Å². The van der Waals surface area contributed by atoms with E-state index in [4.69, 9.17) is 10.5 Å². The van der Waals surface area contributed by atoms with Gasteiger partial charge in [-0.15, -0.1) is 0 Å². The Balaban J connectivity index is 1.79. The minimum atomic E-state index is -0.0639. The van der Waals surface area contributed by atoms with E-state index in [0.29, 0.717) is 6.54 Å². The highest BCUT2D eigenvalue weighted by atomic mass is 16.5. The van der Waals surface area contributed by atoms with Crippen molar-refractivity contribution in [3.05, 3.63) is 35.4 Å². The Morgan fingerprint density at radius 2 is 1.80 bits per heavy atom. The number of fused-ring (bicyclic) bond motifs is 1. The van der Waals surface area contributed by atoms with Crippen LogP contribution in [0.1, 0.15) is 68.6 Å². The van der Waals surface area contributed by atoms with Crippen LogP contribution < -0.4 is 5.73 Å². The van der Waals surface area contributed by atoms with Crippen LogP contribution in [-0.2, 0) is 11.2 Å². The van der Waals surface area contributed by atoms with E-state index in [0.717, 1.165) is 19.3 Å². The molecule has 0 radical (unpaired) electrons. The van der Waals surface area contributed by atoms with Crippen molar-refractivity contribution < 1.29 is 4.74 Å². The van der Waals surface area contributed by atoms with Crippen molar-refractivity contribution in [2.45, 2.75) is 69.5 Å². The van der Waals surface area contributed by atoms with Gasteiger partial charge in [0.25, 0.3) is 0 Å². The quantitative estimate of drug-likeness (QED) is 0.840. The number of ether oxygens (including phenoxy) is 1. The molecule has 0 spiro atoms. The number of benzene rings is 1. The predicted octanol–water partition coefficient (Wildman–Crippen LogP) is 4.13. The second-order valence-electron chi connectivity index (χ2n) is 6.50. The van der Waals surface area contributed by atoms with Gasteiger partial charge in [0.05, 0.1) is 11.7 Å². The topological polar surface area (TPSA) is 35.2 Å². The summed E-state index contributed by atoms with van der Waals surface area (Å²) in [4.78, 5) is 0. The first-order valence-electron chi connectivity index (χ1n) is 8.29. The highest BCUT2D eigenvalue weighted by Crippen LogP contribution is 2.39. The fraction of sp³-hybridized carbons (Fsp3) is 0.667. The van der Waals surface area contributed by atoms with Crippen LogP contribution in [-0.4, -0.2) is 12.1 Å². The Bertz CT molecular complexity index is 435. The van der Waals surface area contributed by atoms with Crippen LogP contribution in [0.15, 0.2) is 24.3 Å². The average Bonchev–Trinajstić information content (AvgIpc) is 2.74. The van der Waals surface area contributed by atoms with Crippen molar-refractivity contribution >= 4 is 0 Å². The second kappa shape index (κ2) is 6.28. The SMILES string of the molecule is NCC1(OC2CCCc3ccccc32)CCCCCC1. The Morgan fingerprint density at radius 3 is 2.55 bits per heavy atom. The van der Waals surface area contributed by atoms with Gasteiger partial charge in [0, 0.05) is 6.54 Å². The van der Waals surface area contributed by atoms with Gasteiger partial charge in [0.2, 0.25) is 0 Å². The Morgan fingerprint density at radius 1 is 1.05 bits per heavy atom. The molecule has 0 aromatic heterocycles. The second-order valence-corrected chi connectivity index (χ2v) is 6.50. The van der Waals surface area contributed by atoms with Gasteiger partial charge in [-0.25, -0.2) is 0 Å². The maximum atomic E-state index is 6.65. The molecule has 1 aromatic rings. The standard InChI is InChI=1S/C18H27NO/c19-14-18(12-5-1-2-6-13-18)20-17-11-7-9-15-8-3-4-10-16(15)17/h3-4,8,10,17H,1-2,5-7,9,11-14,19H2. The van der Waals surface area contributed by atoms with Gasteiger partial charge in [-0.3, -0.25) is 0 Å². The molecule has 3 rings (SSSR count). The number of rotatable bonds is 3. The molecule has 2 N–H and O–H groups in total. The molecule has 1 atom stereocenters. The molecule has 2 aliphatic carbocycles. The van der Waals surface area contributed by atoms with Gasteiger partial charge < -0.3 is 10.5 Å². The zero-order valence-electron chi connectivity index (χ0n) is 12.4. The van der Waals surface area contributed by atoms with E-state index < -0.39 is 0 Å². The first-order chi connectivity index (χ1) is 9.83. The van der Waals surface area contributed by atoms with Crippen LogP contribution in [0.25, 0.3) is 0 Å². The molecule has 1 unspecified atom stereocenters. The van der Waals surface area contributed by atoms with Gasteiger partial charge in [0.1, 0.15) is 0 Å². The largest absolute Gasteiger partial charge is 0.366 e. The first kappa shape index (κ1) is 14.1. The van der Waals surface area contributed by atoms with Crippen molar-refractivity contribution in [3.8, 4) is 0 Å². The van der Waals surface area contributed by atoms with Crippen molar-refractivity contribution in [1.82, 2.24) is 0 Å². The van der Waals surface area contributed by atoms with E-state index in [-0.39, 0.29) is 11.7 Å². The molecule has 2 heteroatoms. The smallest absolute Gasteiger partial charge is 0.0835 e. The summed E-state index contributed by atoms with van der Waals surface area (Å²) in [5.41, 5.74) is 8.95. The van der Waals surface area contributed by atoms with Gasteiger partial charge in [-0.2, -0.15) is 0 Å². The predicted molar refractivity (Wildman–Crippen MR) is 82.7 cm³/mol. The molecule has 1 saturated carbocycles. The summed E-state index contributed by atoms with van der Waals surface area (Å²) in [6, 6.07) is 8.79. The highest BCUT2D eigenvalue weighted by molar-refractivity contribution is 5.31. The average molecular weight is 273 g/mol. The van der Waals surface area contributed by atoms with Crippen molar-refractivity contribution in [2.75, 3.05) is 6.54 Å². The normalized spacial score (nSPS) is 25.8. The molecular formula is C18H27NO. The molecule has 0 heterocycles. The maximum absolute atomic E-state index is 6.65. The van der Waals surface area contributed by atoms with Crippen molar-refractivity contribution in [2.24, 2.45) is 5.73 Å². The molecule has 0 bridgehead atoms. The lowest BCUT2D eigenvalue weighted by Crippen LogP contribution is -2.41. The van der Waals surface area contributed by atoms with E-state index in [1.165, 1.54) is 49.7 Å². The summed E-state index contributed by atoms with van der Waals surface area (Å²) in [5.74, 6) is 0. The molecule has 0 saturated heterocycles. The minimum absolute atomic E-state index is 0.0639. The van der Waals surface area contributed by atoms with Crippen LogP contribution in [0.2, 0.25) is 0 Å². The summed E-state index contributed by atoms with van der Waals surface area (Å²) in [5, 5.41) is 0. The number of nitrogens with two attached hydrogens (primary N) is 1. The lowest BCUT2D eigenvalue weighted by atomic mass is 9.87. The number of hydrogen-bond acceptors (Lipinski definition) is 2. The highest BCUT2D eigenvalue weighted by Gasteiger charge is 2.34. The van der Waals surface area contributed by atoms with Gasteiger partial charge >= 0.3 is 0 Å². The van der Waals surface area contributed by atoms with Crippen LogP contribution in [0.5, 0.6) is 0 Å².